The summed E-state index contributed by atoms with van der Waals surface area (Å²) in [5.74, 6) is 0.180. The summed E-state index contributed by atoms with van der Waals surface area (Å²) in [6.45, 7) is 0. The molecule has 0 saturated carbocycles. The van der Waals surface area contributed by atoms with Crippen molar-refractivity contribution in [3.63, 3.8) is 0 Å². The molecule has 0 saturated heterocycles. The molecule has 0 bridgehead atoms. The molecule has 0 aliphatic rings. The molecule has 2 aromatic heterocycles. The molecule has 24 heavy (non-hydrogen) atoms. The molecule has 0 fully saturated rings. The highest BCUT2D eigenvalue weighted by atomic mass is 15.4. The number of hydrogen-bond donors (Lipinski definition) is 1. The molecule has 0 aliphatic heterocycles. The average molecular weight is 313 g/mol. The third-order valence-electron chi connectivity index (χ3n) is 3.75. The highest BCUT2D eigenvalue weighted by molar-refractivity contribution is 5.81. The van der Waals surface area contributed by atoms with Gasteiger partial charge in [-0.1, -0.05) is 60.7 Å². The Balaban J connectivity index is 1.61. The maximum atomic E-state index is 8.32. The SMILES string of the molecule is N=C(n1ccc(-c2ccccc2)n1)n1ccc(-c2ccccc2)n1. The Kier molecular flexibility index (Phi) is 3.51. The number of aromatic nitrogens is 4. The molecule has 0 amide bonds. The lowest BCUT2D eigenvalue weighted by Crippen LogP contribution is -2.21. The monoisotopic (exact) mass is 313 g/mol. The van der Waals surface area contributed by atoms with Crippen molar-refractivity contribution in [1.82, 2.24) is 19.6 Å². The maximum Gasteiger partial charge on any atom is 0.244 e. The van der Waals surface area contributed by atoms with Crippen LogP contribution < -0.4 is 0 Å². The lowest BCUT2D eigenvalue weighted by atomic mass is 10.2. The molecule has 0 unspecified atom stereocenters. The van der Waals surface area contributed by atoms with Gasteiger partial charge in [-0.2, -0.15) is 10.2 Å². The standard InChI is InChI=1S/C19H15N5/c20-19(23-13-11-17(21-23)15-7-3-1-4-8-15)24-14-12-18(22-24)16-9-5-2-6-10-16/h1-14,20H. The van der Waals surface area contributed by atoms with Gasteiger partial charge in [-0.25, -0.2) is 9.36 Å². The zero-order chi connectivity index (χ0) is 16.4. The summed E-state index contributed by atoms with van der Waals surface area (Å²) >= 11 is 0. The minimum atomic E-state index is 0.180. The first-order chi connectivity index (χ1) is 11.8. The van der Waals surface area contributed by atoms with Crippen LogP contribution >= 0.6 is 0 Å². The van der Waals surface area contributed by atoms with E-state index in [1.165, 1.54) is 9.36 Å². The molecule has 116 valence electrons. The van der Waals surface area contributed by atoms with Crippen LogP contribution in [0, 0.1) is 5.41 Å². The summed E-state index contributed by atoms with van der Waals surface area (Å²) in [7, 11) is 0. The van der Waals surface area contributed by atoms with E-state index >= 15 is 0 Å². The second-order valence-corrected chi connectivity index (χ2v) is 5.35. The van der Waals surface area contributed by atoms with Gasteiger partial charge in [0, 0.05) is 23.5 Å². The molecule has 1 N–H and O–H groups in total. The lowest BCUT2D eigenvalue weighted by molar-refractivity contribution is 0.810. The third kappa shape index (κ3) is 2.63. The number of rotatable bonds is 2. The van der Waals surface area contributed by atoms with Crippen molar-refractivity contribution in [1.29, 1.82) is 5.41 Å². The molecule has 2 heterocycles. The molecule has 0 aliphatic carbocycles. The van der Waals surface area contributed by atoms with Gasteiger partial charge in [-0.05, 0) is 12.1 Å². The van der Waals surface area contributed by atoms with E-state index in [1.807, 2.05) is 72.8 Å². The Bertz CT molecular complexity index is 887. The molecule has 5 heteroatoms. The normalized spacial score (nSPS) is 10.7. The first-order valence-corrected chi connectivity index (χ1v) is 7.63. The van der Waals surface area contributed by atoms with E-state index in [9.17, 15) is 0 Å². The average Bonchev–Trinajstić information content (AvgIpc) is 3.33. The smallest absolute Gasteiger partial charge is 0.244 e. The van der Waals surface area contributed by atoms with Gasteiger partial charge in [0.1, 0.15) is 0 Å². The summed E-state index contributed by atoms with van der Waals surface area (Å²) in [5.41, 5.74) is 3.70. The van der Waals surface area contributed by atoms with Gasteiger partial charge in [0.15, 0.2) is 0 Å². The Labute approximate surface area is 139 Å². The fraction of sp³-hybridized carbons (Fsp3) is 0. The lowest BCUT2D eigenvalue weighted by Gasteiger charge is -2.03. The van der Waals surface area contributed by atoms with Crippen LogP contribution in [0.15, 0.2) is 85.2 Å². The van der Waals surface area contributed by atoms with Crippen LogP contribution in [0.4, 0.5) is 0 Å². The van der Waals surface area contributed by atoms with Crippen molar-refractivity contribution in [3.05, 3.63) is 85.2 Å². The van der Waals surface area contributed by atoms with Gasteiger partial charge in [0.05, 0.1) is 11.4 Å². The van der Waals surface area contributed by atoms with Crippen molar-refractivity contribution in [2.24, 2.45) is 0 Å². The predicted octanol–water partition coefficient (Wildman–Crippen LogP) is 3.74. The van der Waals surface area contributed by atoms with Gasteiger partial charge < -0.3 is 0 Å². The fourth-order valence-electron chi connectivity index (χ4n) is 2.51. The fourth-order valence-corrected chi connectivity index (χ4v) is 2.51. The summed E-state index contributed by atoms with van der Waals surface area (Å²) in [6, 6.07) is 23.6. The van der Waals surface area contributed by atoms with Crippen LogP contribution in [0.2, 0.25) is 0 Å². The molecular weight excluding hydrogens is 298 g/mol. The summed E-state index contributed by atoms with van der Waals surface area (Å²) in [6.07, 6.45) is 3.54. The van der Waals surface area contributed by atoms with E-state index in [-0.39, 0.29) is 5.96 Å². The Morgan fingerprint density at radius 2 is 1.04 bits per heavy atom. The van der Waals surface area contributed by atoms with Crippen LogP contribution in [0.3, 0.4) is 0 Å². The first-order valence-electron chi connectivity index (χ1n) is 7.63. The highest BCUT2D eigenvalue weighted by Crippen LogP contribution is 2.17. The quantitative estimate of drug-likeness (QED) is 0.452. The van der Waals surface area contributed by atoms with Gasteiger partial charge in [-0.3, -0.25) is 5.41 Å². The highest BCUT2D eigenvalue weighted by Gasteiger charge is 2.09. The zero-order valence-electron chi connectivity index (χ0n) is 12.9. The van der Waals surface area contributed by atoms with E-state index in [4.69, 9.17) is 5.41 Å². The molecule has 0 spiro atoms. The first kappa shape index (κ1) is 14.1. The van der Waals surface area contributed by atoms with Gasteiger partial charge in [0.25, 0.3) is 0 Å². The molecule has 5 nitrogen and oxygen atoms in total. The molecule has 2 aromatic carbocycles. The number of benzene rings is 2. The molecule has 0 radical (unpaired) electrons. The largest absolute Gasteiger partial charge is 0.265 e. The summed E-state index contributed by atoms with van der Waals surface area (Å²) in [4.78, 5) is 0. The van der Waals surface area contributed by atoms with E-state index in [2.05, 4.69) is 10.2 Å². The topological polar surface area (TPSA) is 59.5 Å². The number of nitrogens with one attached hydrogen (secondary N) is 1. The van der Waals surface area contributed by atoms with Crippen molar-refractivity contribution in [3.8, 4) is 22.5 Å². The van der Waals surface area contributed by atoms with Crippen LogP contribution in [-0.2, 0) is 0 Å². The van der Waals surface area contributed by atoms with Crippen molar-refractivity contribution >= 4 is 5.96 Å². The Morgan fingerprint density at radius 3 is 1.46 bits per heavy atom. The molecular formula is C19H15N5. The maximum absolute atomic E-state index is 8.32. The minimum Gasteiger partial charge on any atom is -0.265 e. The van der Waals surface area contributed by atoms with Crippen LogP contribution in [0.25, 0.3) is 22.5 Å². The molecule has 4 rings (SSSR count). The predicted molar refractivity (Wildman–Crippen MR) is 93.8 cm³/mol. The van der Waals surface area contributed by atoms with E-state index < -0.39 is 0 Å². The summed E-state index contributed by atoms with van der Waals surface area (Å²) < 4.78 is 3.04. The van der Waals surface area contributed by atoms with E-state index in [0.717, 1.165) is 22.5 Å². The van der Waals surface area contributed by atoms with Crippen LogP contribution in [0.5, 0.6) is 0 Å². The zero-order valence-corrected chi connectivity index (χ0v) is 12.9. The van der Waals surface area contributed by atoms with Gasteiger partial charge >= 0.3 is 0 Å². The van der Waals surface area contributed by atoms with E-state index in [1.54, 1.807) is 12.4 Å². The molecule has 4 aromatic rings. The molecule has 0 atom stereocenters. The van der Waals surface area contributed by atoms with Crippen LogP contribution in [0.1, 0.15) is 0 Å². The van der Waals surface area contributed by atoms with Crippen LogP contribution in [-0.4, -0.2) is 25.5 Å². The number of nitrogens with zero attached hydrogens (tertiary/aromatic N) is 4. The van der Waals surface area contributed by atoms with Crippen molar-refractivity contribution in [2.75, 3.05) is 0 Å². The van der Waals surface area contributed by atoms with E-state index in [0.29, 0.717) is 0 Å². The number of hydrogen-bond acceptors (Lipinski definition) is 3. The van der Waals surface area contributed by atoms with Crippen molar-refractivity contribution in [2.45, 2.75) is 0 Å². The second-order valence-electron chi connectivity index (χ2n) is 5.35. The van der Waals surface area contributed by atoms with Gasteiger partial charge in [-0.15, -0.1) is 0 Å². The summed E-state index contributed by atoms with van der Waals surface area (Å²) in [5, 5.41) is 17.3. The van der Waals surface area contributed by atoms with Crippen molar-refractivity contribution < 1.29 is 0 Å². The Morgan fingerprint density at radius 1 is 0.625 bits per heavy atom. The second kappa shape index (κ2) is 5.96. The Hall–Kier alpha value is -3.47. The minimum absolute atomic E-state index is 0.180. The third-order valence-corrected chi connectivity index (χ3v) is 3.75. The van der Waals surface area contributed by atoms with Gasteiger partial charge in [0.2, 0.25) is 5.96 Å².